The minimum Gasteiger partial charge on any atom is -0.479 e. The Morgan fingerprint density at radius 2 is 1.73 bits per heavy atom. The summed E-state index contributed by atoms with van der Waals surface area (Å²) in [6.45, 7) is 0.585. The maximum Gasteiger partial charge on any atom is 0.337 e. The molecule has 1 atom stereocenters. The normalized spacial score (nSPS) is 14.4. The third-order valence-electron chi connectivity index (χ3n) is 2.95. The lowest BCUT2D eigenvalue weighted by Gasteiger charge is -2.18. The Bertz CT molecular complexity index is 664. The zero-order valence-electron chi connectivity index (χ0n) is 12.4. The monoisotopic (exact) mass is 330 g/mol. The highest BCUT2D eigenvalue weighted by Crippen LogP contribution is 2.14. The first-order valence-corrected chi connectivity index (χ1v) is 7.69. The van der Waals surface area contributed by atoms with E-state index in [1.807, 2.05) is 0 Å². The fourth-order valence-electron chi connectivity index (χ4n) is 1.42. The smallest absolute Gasteiger partial charge is 0.337 e. The Labute approximate surface area is 128 Å². The molecule has 1 aromatic rings. The molecule has 0 aliphatic carbocycles. The van der Waals surface area contributed by atoms with Gasteiger partial charge in [0.1, 0.15) is 0 Å². The van der Waals surface area contributed by atoms with Crippen molar-refractivity contribution in [2.24, 2.45) is 0 Å². The number of aliphatic hydroxyl groups is 1. The second-order valence-electron chi connectivity index (χ2n) is 5.07. The summed E-state index contributed by atoms with van der Waals surface area (Å²) >= 11 is 0. The Balaban J connectivity index is 2.84. The van der Waals surface area contributed by atoms with E-state index in [2.05, 4.69) is 5.32 Å². The maximum absolute atomic E-state index is 11.9. The van der Waals surface area contributed by atoms with Crippen molar-refractivity contribution >= 4 is 21.9 Å². The minimum atomic E-state index is -3.58. The molecule has 0 aliphatic heterocycles. The van der Waals surface area contributed by atoms with E-state index in [1.54, 1.807) is 0 Å². The van der Waals surface area contributed by atoms with Gasteiger partial charge < -0.3 is 15.5 Å². The Morgan fingerprint density at radius 3 is 2.14 bits per heavy atom. The van der Waals surface area contributed by atoms with Crippen LogP contribution < -0.4 is 5.32 Å². The molecule has 0 saturated heterocycles. The van der Waals surface area contributed by atoms with Crippen LogP contribution in [-0.2, 0) is 14.8 Å². The lowest BCUT2D eigenvalue weighted by Crippen LogP contribution is -2.46. The molecule has 22 heavy (non-hydrogen) atoms. The molecule has 0 aliphatic rings. The second kappa shape index (κ2) is 6.42. The number of nitrogens with one attached hydrogen (secondary N) is 1. The molecule has 3 N–H and O–H groups in total. The molecule has 1 amide bonds. The van der Waals surface area contributed by atoms with Crippen molar-refractivity contribution < 1.29 is 28.2 Å². The molecule has 0 bridgehead atoms. The Hall–Kier alpha value is -1.97. The van der Waals surface area contributed by atoms with E-state index in [-0.39, 0.29) is 10.5 Å². The highest BCUT2D eigenvalue weighted by atomic mass is 32.2. The summed E-state index contributed by atoms with van der Waals surface area (Å²) in [6.07, 6.45) is 0. The standard InChI is InChI=1S/C13H18N2O6S/c1-13(19,12(17)18)8-14-11(16)9-4-6-10(7-5-9)22(20,21)15(2)3/h4-7,19H,8H2,1-3H3,(H,14,16)(H,17,18). The number of carboxylic acids is 1. The number of carboxylic acid groups (broad SMARTS) is 1. The zero-order valence-corrected chi connectivity index (χ0v) is 13.2. The van der Waals surface area contributed by atoms with Crippen molar-refractivity contribution in [3.63, 3.8) is 0 Å². The molecule has 0 aromatic heterocycles. The van der Waals surface area contributed by atoms with Crippen molar-refractivity contribution in [3.8, 4) is 0 Å². The van der Waals surface area contributed by atoms with Gasteiger partial charge in [0.25, 0.3) is 5.91 Å². The van der Waals surface area contributed by atoms with Crippen LogP contribution in [0.15, 0.2) is 29.2 Å². The lowest BCUT2D eigenvalue weighted by molar-refractivity contribution is -0.155. The number of carbonyl (C=O) groups is 2. The van der Waals surface area contributed by atoms with E-state index in [4.69, 9.17) is 5.11 Å². The van der Waals surface area contributed by atoms with Gasteiger partial charge >= 0.3 is 5.97 Å². The topological polar surface area (TPSA) is 124 Å². The Morgan fingerprint density at radius 1 is 1.23 bits per heavy atom. The number of hydrogen-bond donors (Lipinski definition) is 3. The predicted molar refractivity (Wildman–Crippen MR) is 77.9 cm³/mol. The van der Waals surface area contributed by atoms with Crippen molar-refractivity contribution in [1.82, 2.24) is 9.62 Å². The van der Waals surface area contributed by atoms with Crippen molar-refractivity contribution in [1.29, 1.82) is 0 Å². The number of amides is 1. The van der Waals surface area contributed by atoms with Crippen LogP contribution in [0.4, 0.5) is 0 Å². The van der Waals surface area contributed by atoms with E-state index in [9.17, 15) is 23.1 Å². The first-order valence-electron chi connectivity index (χ1n) is 6.25. The van der Waals surface area contributed by atoms with Crippen molar-refractivity contribution in [3.05, 3.63) is 29.8 Å². The van der Waals surface area contributed by atoms with Crippen LogP contribution in [-0.4, -0.2) is 61.1 Å². The molecule has 0 fully saturated rings. The first-order chi connectivity index (χ1) is 9.98. The van der Waals surface area contributed by atoms with Gasteiger partial charge in [0.15, 0.2) is 5.60 Å². The number of hydrogen-bond acceptors (Lipinski definition) is 5. The van der Waals surface area contributed by atoms with E-state index >= 15 is 0 Å². The quantitative estimate of drug-likeness (QED) is 0.646. The summed E-state index contributed by atoms with van der Waals surface area (Å²) in [7, 11) is -0.797. The summed E-state index contributed by atoms with van der Waals surface area (Å²) < 4.78 is 24.8. The van der Waals surface area contributed by atoms with Gasteiger partial charge in [-0.15, -0.1) is 0 Å². The maximum atomic E-state index is 11.9. The third-order valence-corrected chi connectivity index (χ3v) is 4.78. The van der Waals surface area contributed by atoms with E-state index in [0.29, 0.717) is 0 Å². The first kappa shape index (κ1) is 18.1. The van der Waals surface area contributed by atoms with Gasteiger partial charge in [-0.2, -0.15) is 0 Å². The number of rotatable bonds is 6. The second-order valence-corrected chi connectivity index (χ2v) is 7.23. The molecule has 0 radical (unpaired) electrons. The minimum absolute atomic E-state index is 0.0339. The van der Waals surface area contributed by atoms with Crippen LogP contribution in [0.1, 0.15) is 17.3 Å². The Kier molecular flexibility index (Phi) is 5.28. The van der Waals surface area contributed by atoms with Gasteiger partial charge in [0, 0.05) is 19.7 Å². The number of nitrogens with zero attached hydrogens (tertiary/aromatic N) is 1. The molecule has 8 nitrogen and oxygen atoms in total. The highest BCUT2D eigenvalue weighted by Gasteiger charge is 2.30. The largest absolute Gasteiger partial charge is 0.479 e. The number of benzene rings is 1. The lowest BCUT2D eigenvalue weighted by atomic mass is 10.1. The molecular formula is C13H18N2O6S. The molecule has 1 aromatic carbocycles. The van der Waals surface area contributed by atoms with Gasteiger partial charge in [-0.1, -0.05) is 0 Å². The van der Waals surface area contributed by atoms with Gasteiger partial charge in [-0.3, -0.25) is 4.79 Å². The summed E-state index contributed by atoms with van der Waals surface area (Å²) in [5.74, 6) is -2.07. The van der Waals surface area contributed by atoms with E-state index < -0.39 is 34.0 Å². The molecule has 0 saturated carbocycles. The highest BCUT2D eigenvalue weighted by molar-refractivity contribution is 7.89. The van der Waals surface area contributed by atoms with Gasteiger partial charge in [0.05, 0.1) is 11.4 Å². The van der Waals surface area contributed by atoms with Crippen LogP contribution in [0.2, 0.25) is 0 Å². The molecule has 9 heteroatoms. The summed E-state index contributed by atoms with van der Waals surface area (Å²) in [5, 5.41) is 20.5. The van der Waals surface area contributed by atoms with Gasteiger partial charge in [-0.25, -0.2) is 17.5 Å². The predicted octanol–water partition coefficient (Wildman–Crippen LogP) is -0.498. The summed E-state index contributed by atoms with van der Waals surface area (Å²) in [5.41, 5.74) is -1.93. The molecule has 0 spiro atoms. The number of carbonyl (C=O) groups excluding carboxylic acids is 1. The van der Waals surface area contributed by atoms with Crippen LogP contribution >= 0.6 is 0 Å². The van der Waals surface area contributed by atoms with Crippen LogP contribution in [0.25, 0.3) is 0 Å². The fraction of sp³-hybridized carbons (Fsp3) is 0.385. The zero-order chi connectivity index (χ0) is 17.1. The average molecular weight is 330 g/mol. The molecule has 122 valence electrons. The third kappa shape index (κ3) is 4.03. The van der Waals surface area contributed by atoms with Crippen molar-refractivity contribution in [2.75, 3.05) is 20.6 Å². The van der Waals surface area contributed by atoms with E-state index in [0.717, 1.165) is 11.2 Å². The van der Waals surface area contributed by atoms with Crippen LogP contribution in [0.3, 0.4) is 0 Å². The van der Waals surface area contributed by atoms with Crippen LogP contribution in [0.5, 0.6) is 0 Å². The number of sulfonamides is 1. The average Bonchev–Trinajstić information content (AvgIpc) is 2.44. The molecule has 1 rings (SSSR count). The SMILES string of the molecule is CN(C)S(=O)(=O)c1ccc(C(=O)NCC(C)(O)C(=O)O)cc1. The van der Waals surface area contributed by atoms with Gasteiger partial charge in [-0.05, 0) is 31.2 Å². The fourth-order valence-corrected chi connectivity index (χ4v) is 2.32. The van der Waals surface area contributed by atoms with Crippen LogP contribution in [0, 0.1) is 0 Å². The summed E-state index contributed by atoms with van der Waals surface area (Å²) in [6, 6.07) is 5.17. The van der Waals surface area contributed by atoms with Crippen molar-refractivity contribution in [2.45, 2.75) is 17.4 Å². The molecular weight excluding hydrogens is 312 g/mol. The molecule has 0 heterocycles. The van der Waals surface area contributed by atoms with Gasteiger partial charge in [0.2, 0.25) is 10.0 Å². The van der Waals surface area contributed by atoms with E-state index in [1.165, 1.54) is 38.4 Å². The molecule has 1 unspecified atom stereocenters. The number of aliphatic carboxylic acids is 1. The summed E-state index contributed by atoms with van der Waals surface area (Å²) in [4.78, 5) is 22.6.